The van der Waals surface area contributed by atoms with E-state index in [9.17, 15) is 9.90 Å². The van der Waals surface area contributed by atoms with Crippen LogP contribution in [0.1, 0.15) is 28.8 Å². The normalized spacial score (nSPS) is 17.2. The van der Waals surface area contributed by atoms with Crippen LogP contribution in [0.3, 0.4) is 0 Å². The molecule has 0 spiro atoms. The highest BCUT2D eigenvalue weighted by molar-refractivity contribution is 14.1. The first-order valence-corrected chi connectivity index (χ1v) is 6.90. The van der Waals surface area contributed by atoms with Gasteiger partial charge in [-0.25, -0.2) is 0 Å². The first-order valence-electron chi connectivity index (χ1n) is 5.82. The lowest BCUT2D eigenvalue weighted by Gasteiger charge is -2.30. The molecule has 0 atom stereocenters. The zero-order chi connectivity index (χ0) is 12.4. The maximum atomic E-state index is 12.3. The van der Waals surface area contributed by atoms with E-state index in [4.69, 9.17) is 0 Å². The lowest BCUT2D eigenvalue weighted by molar-refractivity contribution is 0.0546. The minimum atomic E-state index is -0.240. The van der Waals surface area contributed by atoms with Gasteiger partial charge in [0, 0.05) is 22.2 Å². The van der Waals surface area contributed by atoms with Gasteiger partial charge in [-0.05, 0) is 60.1 Å². The van der Waals surface area contributed by atoms with Crippen molar-refractivity contribution in [2.45, 2.75) is 25.9 Å². The molecule has 3 nitrogen and oxygen atoms in total. The van der Waals surface area contributed by atoms with E-state index in [0.29, 0.717) is 25.9 Å². The number of likely N-dealkylation sites (tertiary alicyclic amines) is 1. The Bertz CT molecular complexity index is 425. The molecule has 1 fully saturated rings. The number of piperidine rings is 1. The summed E-state index contributed by atoms with van der Waals surface area (Å²) < 4.78 is 1.12. The molecule has 1 aliphatic rings. The number of nitrogens with zero attached hydrogens (tertiary/aromatic N) is 1. The zero-order valence-corrected chi connectivity index (χ0v) is 12.0. The molecule has 4 heteroatoms. The van der Waals surface area contributed by atoms with E-state index >= 15 is 0 Å². The van der Waals surface area contributed by atoms with Gasteiger partial charge >= 0.3 is 0 Å². The summed E-state index contributed by atoms with van der Waals surface area (Å²) in [6.07, 6.45) is 1.14. The number of carbonyl (C=O) groups excluding carboxylic acids is 1. The predicted octanol–water partition coefficient (Wildman–Crippen LogP) is 2.20. The second-order valence-corrected chi connectivity index (χ2v) is 5.60. The summed E-state index contributed by atoms with van der Waals surface area (Å²) in [4.78, 5) is 14.2. The molecule has 0 aromatic heterocycles. The van der Waals surface area contributed by atoms with Gasteiger partial charge in [-0.3, -0.25) is 4.79 Å². The van der Waals surface area contributed by atoms with Gasteiger partial charge in [0.1, 0.15) is 0 Å². The standard InChI is InChI=1S/C13H16INO2/c1-9-11(3-2-4-12(9)14)13(17)15-7-5-10(16)6-8-15/h2-4,10,16H,5-8H2,1H3. The number of rotatable bonds is 1. The van der Waals surface area contributed by atoms with E-state index in [1.807, 2.05) is 30.0 Å². The Morgan fingerprint density at radius 3 is 2.71 bits per heavy atom. The molecule has 1 heterocycles. The molecule has 1 amide bonds. The molecular weight excluding hydrogens is 329 g/mol. The maximum Gasteiger partial charge on any atom is 0.254 e. The fraction of sp³-hybridized carbons (Fsp3) is 0.462. The second-order valence-electron chi connectivity index (χ2n) is 4.44. The van der Waals surface area contributed by atoms with Crippen LogP contribution in [0.25, 0.3) is 0 Å². The zero-order valence-electron chi connectivity index (χ0n) is 9.82. The molecule has 17 heavy (non-hydrogen) atoms. The van der Waals surface area contributed by atoms with Crippen LogP contribution in [-0.4, -0.2) is 35.1 Å². The molecule has 0 saturated carbocycles. The van der Waals surface area contributed by atoms with Crippen molar-refractivity contribution in [1.82, 2.24) is 4.90 Å². The van der Waals surface area contributed by atoms with Gasteiger partial charge in [0.2, 0.25) is 0 Å². The second kappa shape index (κ2) is 5.35. The number of hydrogen-bond acceptors (Lipinski definition) is 2. The molecule has 2 rings (SSSR count). The van der Waals surface area contributed by atoms with E-state index in [0.717, 1.165) is 14.7 Å². The van der Waals surface area contributed by atoms with Gasteiger partial charge in [-0.15, -0.1) is 0 Å². The number of benzene rings is 1. The molecule has 0 bridgehead atoms. The van der Waals surface area contributed by atoms with Gasteiger partial charge in [0.25, 0.3) is 5.91 Å². The minimum Gasteiger partial charge on any atom is -0.393 e. The Balaban J connectivity index is 2.17. The number of carbonyl (C=O) groups is 1. The summed E-state index contributed by atoms with van der Waals surface area (Å²) in [5.41, 5.74) is 1.83. The number of hydrogen-bond donors (Lipinski definition) is 1. The third kappa shape index (κ3) is 2.80. The average Bonchev–Trinajstić information content (AvgIpc) is 2.33. The van der Waals surface area contributed by atoms with Crippen LogP contribution in [0.2, 0.25) is 0 Å². The lowest BCUT2D eigenvalue weighted by Crippen LogP contribution is -2.40. The molecule has 0 radical (unpaired) electrons. The van der Waals surface area contributed by atoms with Crippen LogP contribution in [0.4, 0.5) is 0 Å². The van der Waals surface area contributed by atoms with E-state index in [1.54, 1.807) is 0 Å². The van der Waals surface area contributed by atoms with Crippen molar-refractivity contribution < 1.29 is 9.90 Å². The van der Waals surface area contributed by atoms with Crippen LogP contribution in [0.15, 0.2) is 18.2 Å². The maximum absolute atomic E-state index is 12.3. The van der Waals surface area contributed by atoms with Crippen molar-refractivity contribution in [3.63, 3.8) is 0 Å². The van der Waals surface area contributed by atoms with Crippen molar-refractivity contribution in [1.29, 1.82) is 0 Å². The number of halogens is 1. The lowest BCUT2D eigenvalue weighted by atomic mass is 10.0. The SMILES string of the molecule is Cc1c(I)cccc1C(=O)N1CCC(O)CC1. The summed E-state index contributed by atoms with van der Waals surface area (Å²) >= 11 is 2.25. The Kier molecular flexibility index (Phi) is 4.04. The fourth-order valence-corrected chi connectivity index (χ4v) is 2.58. The summed E-state index contributed by atoms with van der Waals surface area (Å²) in [7, 11) is 0. The Morgan fingerprint density at radius 1 is 1.41 bits per heavy atom. The largest absolute Gasteiger partial charge is 0.393 e. The van der Waals surface area contributed by atoms with Crippen molar-refractivity contribution in [2.75, 3.05) is 13.1 Å². The predicted molar refractivity (Wildman–Crippen MR) is 75.0 cm³/mol. The van der Waals surface area contributed by atoms with Crippen LogP contribution >= 0.6 is 22.6 Å². The molecule has 1 aromatic rings. The first kappa shape index (κ1) is 12.8. The topological polar surface area (TPSA) is 40.5 Å². The molecule has 1 aromatic carbocycles. The molecule has 1 aliphatic heterocycles. The van der Waals surface area contributed by atoms with Gasteiger partial charge in [0.15, 0.2) is 0 Å². The Morgan fingerprint density at radius 2 is 2.06 bits per heavy atom. The van der Waals surface area contributed by atoms with E-state index in [1.165, 1.54) is 0 Å². The highest BCUT2D eigenvalue weighted by atomic mass is 127. The summed E-state index contributed by atoms with van der Waals surface area (Å²) in [6.45, 7) is 3.30. The number of aliphatic hydroxyl groups excluding tert-OH is 1. The van der Waals surface area contributed by atoms with E-state index in [-0.39, 0.29) is 12.0 Å². The van der Waals surface area contributed by atoms with Crippen molar-refractivity contribution in [3.8, 4) is 0 Å². The molecule has 92 valence electrons. The van der Waals surface area contributed by atoms with Crippen LogP contribution in [0.5, 0.6) is 0 Å². The summed E-state index contributed by atoms with van der Waals surface area (Å²) in [6, 6.07) is 5.80. The molecule has 0 unspecified atom stereocenters. The Hall–Kier alpha value is -0.620. The number of amides is 1. The average molecular weight is 345 g/mol. The highest BCUT2D eigenvalue weighted by Crippen LogP contribution is 2.19. The van der Waals surface area contributed by atoms with Crippen molar-refractivity contribution >= 4 is 28.5 Å². The van der Waals surface area contributed by atoms with E-state index in [2.05, 4.69) is 22.6 Å². The van der Waals surface area contributed by atoms with Gasteiger partial charge in [-0.2, -0.15) is 0 Å². The molecule has 0 aliphatic carbocycles. The Labute approximate surface area is 115 Å². The highest BCUT2D eigenvalue weighted by Gasteiger charge is 2.23. The monoisotopic (exact) mass is 345 g/mol. The third-order valence-corrected chi connectivity index (χ3v) is 4.42. The summed E-state index contributed by atoms with van der Waals surface area (Å²) in [5.74, 6) is 0.0907. The smallest absolute Gasteiger partial charge is 0.254 e. The number of aliphatic hydroxyl groups is 1. The fourth-order valence-electron chi connectivity index (χ4n) is 2.08. The van der Waals surface area contributed by atoms with Gasteiger partial charge in [0.05, 0.1) is 6.10 Å². The molecular formula is C13H16INO2. The summed E-state index contributed by atoms with van der Waals surface area (Å²) in [5, 5.41) is 9.44. The quantitative estimate of drug-likeness (QED) is 0.793. The van der Waals surface area contributed by atoms with Gasteiger partial charge < -0.3 is 10.0 Å². The first-order chi connectivity index (χ1) is 8.09. The minimum absolute atomic E-state index is 0.0907. The van der Waals surface area contributed by atoms with Crippen molar-refractivity contribution in [3.05, 3.63) is 32.9 Å². The molecule has 1 N–H and O–H groups in total. The van der Waals surface area contributed by atoms with Crippen LogP contribution in [-0.2, 0) is 0 Å². The van der Waals surface area contributed by atoms with Crippen molar-refractivity contribution in [2.24, 2.45) is 0 Å². The third-order valence-electron chi connectivity index (χ3n) is 3.25. The molecule has 1 saturated heterocycles. The van der Waals surface area contributed by atoms with Crippen LogP contribution < -0.4 is 0 Å². The van der Waals surface area contributed by atoms with Crippen LogP contribution in [0, 0.1) is 10.5 Å². The van der Waals surface area contributed by atoms with E-state index < -0.39 is 0 Å². The van der Waals surface area contributed by atoms with Gasteiger partial charge in [-0.1, -0.05) is 6.07 Å².